The number of benzene rings is 2. The highest BCUT2D eigenvalue weighted by atomic mass is 20.1. The zero-order chi connectivity index (χ0) is 104. The number of nitrogens with two attached hydrogens (primary N) is 1. The van der Waals surface area contributed by atoms with Gasteiger partial charge in [-0.3, -0.25) is 18.3 Å². The Morgan fingerprint density at radius 3 is 0.905 bits per heavy atom. The van der Waals surface area contributed by atoms with Gasteiger partial charge in [-0.25, -0.2) is 24.4 Å². The Morgan fingerprint density at radius 1 is 0.389 bits per heavy atom. The second-order valence-electron chi connectivity index (χ2n) is 16.1. The van der Waals surface area contributed by atoms with Gasteiger partial charge in [0, 0.05) is 317 Å². The zero-order valence-corrected chi connectivity index (χ0v) is 58.9. The molecule has 0 unspecified atom stereocenters. The molecule has 6 aromatic heterocycles. The predicted molar refractivity (Wildman–Crippen MR) is 320 cm³/mol. The maximum Gasteiger partial charge on any atom is 0.409 e. The topological polar surface area (TPSA) is 264 Å². The first kappa shape index (κ1) is 179. The van der Waals surface area contributed by atoms with Gasteiger partial charge in [-0.1, -0.05) is 49.4 Å². The van der Waals surface area contributed by atoms with E-state index in [0.717, 1.165) is 27.8 Å². The molecule has 21 nitrogen and oxygen atoms in total. The van der Waals surface area contributed by atoms with E-state index < -0.39 is 5.97 Å². The molecule has 2 aromatic carbocycles. The first-order chi connectivity index (χ1) is 60.2. The molecule has 2 saturated heterocycles. The summed E-state index contributed by atoms with van der Waals surface area (Å²) in [6.45, 7) is 9.78. The number of nitrogen functional groups attached to an aromatic ring is 1. The normalized spacial score (nSPS) is 8.49. The van der Waals surface area contributed by atoms with Gasteiger partial charge in [-0.05, 0) is 86.3 Å². The molecule has 0 spiro atoms. The summed E-state index contributed by atoms with van der Waals surface area (Å²) >= 11 is 0. The molecule has 10 rings (SSSR count). The van der Waals surface area contributed by atoms with Crippen molar-refractivity contribution in [1.29, 1.82) is 0 Å². The maximum atomic E-state index is 13.0. The Hall–Kier alpha value is -12.6. The average molecular weight is 2030 g/mol. The van der Waals surface area contributed by atoms with Crippen molar-refractivity contribution in [2.24, 2.45) is 0 Å². The Balaban J connectivity index is -0.0000000448. The first-order valence-corrected chi connectivity index (χ1v) is 24.9. The highest BCUT2D eigenvalue weighted by Crippen LogP contribution is 2.31. The molecule has 2 aliphatic rings. The van der Waals surface area contributed by atoms with Gasteiger partial charge in [-0.15, -0.1) is 0 Å². The Morgan fingerprint density at radius 2 is 0.643 bits per heavy atom. The third-order valence-electron chi connectivity index (χ3n) is 11.3. The number of fused-ring (bicyclic) bond motifs is 2. The molecule has 3 amide bonds. The molecule has 126 heavy (non-hydrogen) atoms. The molecule has 0 atom stereocenters. The Kier molecular flexibility index (Phi) is 223. The van der Waals surface area contributed by atoms with Crippen LogP contribution in [0.4, 0.5) is 282 Å². The van der Waals surface area contributed by atoms with E-state index in [1.807, 2.05) is 94.6 Å². The first-order valence-electron chi connectivity index (χ1n) is 24.9. The van der Waals surface area contributed by atoms with Crippen LogP contribution in [0.15, 0.2) is 94.5 Å². The van der Waals surface area contributed by atoms with Crippen LogP contribution in [0, 0.1) is 27.7 Å². The number of aromatic nitrogens is 8. The third-order valence-corrected chi connectivity index (χ3v) is 11.3. The number of aromatic carboxylic acids is 1. The smallest absolute Gasteiger partial charge is 0.409 e. The molecule has 0 radical (unpaired) electrons. The van der Waals surface area contributed by atoms with Crippen LogP contribution in [-0.2, 0) is 9.47 Å². The molecule has 8 aromatic rings. The number of nitrogens with zero attached hydrogens (tertiary/aromatic N) is 10. The van der Waals surface area contributed by atoms with Crippen LogP contribution in [0.3, 0.4) is 0 Å². The summed E-state index contributed by atoms with van der Waals surface area (Å²) in [6, 6.07) is 18.8. The standard InChI is InChI=1S/C23H22N6O4.C14H16N4O3.C9H8N2O2.2CH4.28F2.FH/c1-13-6-7-29-18(10-24-19(29)8-13)21(30)25-17-9-15(5-4-14(17)2)20-26-22(33-27-20)16-11-28(12-16)23(31)32-3;1-8-3-4-9(5-11(8)15)12-16-13(21-17-12)10-6-18(7-10)14(19)20-2;1-6-2-3-11-7(9(12)13)5-10-8(11)4-6;;;28*1-2;/h4-10,16H,11-12H2,1-3H3,(H,25,30);3-5,10H,6-7,15H2,1-2H3;2-5H,1H3,(H,12,13);2*1H4;;;;;;;;;;;;;;;;;;;;;;;;;;;;;1H. The molecular weight excluding hydrogens is 1970 g/mol. The fourth-order valence-electron chi connectivity index (χ4n) is 7.22. The Labute approximate surface area is 659 Å². The number of carboxylic acids is 1. The summed E-state index contributed by atoms with van der Waals surface area (Å²) < 4.78 is 471. The molecule has 8 heterocycles. The van der Waals surface area contributed by atoms with Crippen LogP contribution in [0.5, 0.6) is 0 Å². The maximum absolute atomic E-state index is 13.0. The summed E-state index contributed by atoms with van der Waals surface area (Å²) in [7, 11) is 2.72. The highest BCUT2D eigenvalue weighted by Gasteiger charge is 2.37. The number of likely N-dealkylation sites (tertiary alicyclic amines) is 2. The monoisotopic (exact) mass is 2030 g/mol. The molecule has 78 heteroatoms. The van der Waals surface area contributed by atoms with Gasteiger partial charge >= 0.3 is 18.2 Å². The number of carbonyl (C=O) groups excluding carboxylic acids is 3. The van der Waals surface area contributed by atoms with E-state index in [2.05, 4.69) is 40.3 Å². The Bertz CT molecular complexity index is 3270. The van der Waals surface area contributed by atoms with Crippen molar-refractivity contribution in [3.8, 4) is 22.8 Å². The van der Waals surface area contributed by atoms with Gasteiger partial charge in [0.05, 0.1) is 38.4 Å². The SMILES string of the molecule is C.C.COC(=O)N1CC(c2nc(-c3ccc(C)c(N)c3)no2)C1.COC(=O)N1CC(c2nc(-c3ccc(C)c(NC(=O)c4cnc5cc(C)ccn45)c3)no2)C1.Cc1ccn2c(C(=O)O)cnc2c1.F.FF.FF.FF.FF.FF.FF.FF.FF.FF.FF.FF.FF.FF.FF.FF.FF.FF.FF.FF.FF.FF.FF.FF.FF.FF.FF.FF.FF. The van der Waals surface area contributed by atoms with Crippen molar-refractivity contribution in [3.63, 3.8) is 0 Å². The van der Waals surface area contributed by atoms with Crippen LogP contribution in [0.25, 0.3) is 34.1 Å². The van der Waals surface area contributed by atoms with Crippen molar-refractivity contribution >= 4 is 46.7 Å². The fourth-order valence-corrected chi connectivity index (χ4v) is 7.22. The molecule has 760 valence electrons. The lowest BCUT2D eigenvalue weighted by Gasteiger charge is -2.35. The number of carboxylic acid groups (broad SMARTS) is 1. The number of rotatable bonds is 7. The third kappa shape index (κ3) is 78.6. The average Bonchev–Trinajstić information content (AvgIpc) is 1.62. The van der Waals surface area contributed by atoms with Gasteiger partial charge in [0.1, 0.15) is 17.0 Å². The summed E-state index contributed by atoms with van der Waals surface area (Å²) in [5.41, 5.74) is 14.8. The van der Waals surface area contributed by atoms with E-state index in [9.17, 15) is 19.2 Å². The highest BCUT2D eigenvalue weighted by molar-refractivity contribution is 6.04. The largest absolute Gasteiger partial charge is 0.477 e. The number of anilines is 2. The summed E-state index contributed by atoms with van der Waals surface area (Å²) in [5.74, 6) is 0.744. The molecule has 0 aliphatic carbocycles. The van der Waals surface area contributed by atoms with E-state index in [-0.39, 0.29) is 55.2 Å². The lowest BCUT2D eigenvalue weighted by molar-refractivity contribution is 0.0688. The van der Waals surface area contributed by atoms with Gasteiger partial charge in [-0.2, -0.15) is 9.97 Å². The molecule has 2 aliphatic heterocycles. The second-order valence-corrected chi connectivity index (χ2v) is 16.1. The van der Waals surface area contributed by atoms with Crippen LogP contribution in [0.1, 0.15) is 81.7 Å². The second kappa shape index (κ2) is 157. The van der Waals surface area contributed by atoms with Crippen LogP contribution in [0.2, 0.25) is 0 Å². The summed E-state index contributed by atoms with van der Waals surface area (Å²) in [5, 5.41) is 19.8. The van der Waals surface area contributed by atoms with Crippen molar-refractivity contribution in [2.45, 2.75) is 54.4 Å². The van der Waals surface area contributed by atoms with Crippen LogP contribution >= 0.6 is 0 Å². The minimum Gasteiger partial charge on any atom is -0.477 e. The van der Waals surface area contributed by atoms with E-state index in [1.165, 1.54) is 20.4 Å². The van der Waals surface area contributed by atoms with Crippen molar-refractivity contribution < 1.29 is 304 Å². The van der Waals surface area contributed by atoms with Crippen molar-refractivity contribution in [1.82, 2.24) is 48.9 Å². The van der Waals surface area contributed by atoms with E-state index in [1.54, 1.807) is 31.0 Å². The van der Waals surface area contributed by atoms with E-state index in [4.69, 9.17) is 281 Å². The minimum absolute atomic E-state index is 0. The molecular formula is C48H55F57N12O9. The molecule has 4 N–H and O–H groups in total. The van der Waals surface area contributed by atoms with Crippen LogP contribution < -0.4 is 11.1 Å². The quantitative estimate of drug-likeness (QED) is 0.0989. The van der Waals surface area contributed by atoms with Gasteiger partial charge in [0.2, 0.25) is 23.4 Å². The van der Waals surface area contributed by atoms with Gasteiger partial charge in [0.25, 0.3) is 5.91 Å². The number of carbonyl (C=O) groups is 4. The van der Waals surface area contributed by atoms with Gasteiger partial charge < -0.3 is 44.5 Å². The predicted octanol–water partition coefficient (Wildman–Crippen LogP) is 31.5. The lowest BCUT2D eigenvalue weighted by Crippen LogP contribution is -2.48. The van der Waals surface area contributed by atoms with Crippen molar-refractivity contribution in [2.75, 3.05) is 51.4 Å². The van der Waals surface area contributed by atoms with Gasteiger partial charge in [0.15, 0.2) is 5.69 Å². The molecule has 2 fully saturated rings. The fraction of sp³-hybridized carbons (Fsp3) is 0.292. The number of nitrogens with one attached hydrogen (secondary N) is 1. The van der Waals surface area contributed by atoms with E-state index in [0.29, 0.717) is 83.5 Å². The number of pyridine rings is 2. The molecule has 0 bridgehead atoms. The number of methoxy groups -OCH3 is 2. The number of aryl methyl sites for hydroxylation is 4. The van der Waals surface area contributed by atoms with E-state index >= 15 is 0 Å². The van der Waals surface area contributed by atoms with Crippen molar-refractivity contribution in [3.05, 3.63) is 131 Å². The molecule has 0 saturated carbocycles. The number of amides is 3. The van der Waals surface area contributed by atoms with Crippen LogP contribution in [-0.4, -0.2) is 118 Å². The lowest BCUT2D eigenvalue weighted by atomic mass is 10.0. The summed E-state index contributed by atoms with van der Waals surface area (Å²) in [4.78, 5) is 66.8. The number of halogens is 57. The number of imidazole rings is 2. The number of ether oxygens (including phenoxy) is 2. The summed E-state index contributed by atoms with van der Waals surface area (Å²) in [6.07, 6.45) is 5.75. The minimum atomic E-state index is -0.962. The number of hydrogen-bond acceptors (Lipinski definition) is 15. The number of hydrogen-bond donors (Lipinski definition) is 3. The zero-order valence-electron chi connectivity index (χ0n) is 58.9.